The molecule has 0 bridgehead atoms. The average Bonchev–Trinajstić information content (AvgIpc) is 2.33. The van der Waals surface area contributed by atoms with Gasteiger partial charge in [-0.25, -0.2) is 4.39 Å². The summed E-state index contributed by atoms with van der Waals surface area (Å²) in [4.78, 5) is 2.07. The fourth-order valence-electron chi connectivity index (χ4n) is 2.09. The first kappa shape index (κ1) is 12.0. The Labute approximate surface area is 100 Å². The molecule has 0 radical (unpaired) electrons. The zero-order valence-corrected chi connectivity index (χ0v) is 9.77. The smallest absolute Gasteiger partial charge is 0.124 e. The lowest BCUT2D eigenvalue weighted by Gasteiger charge is -2.34. The highest BCUT2D eigenvalue weighted by atomic mass is 19.1. The van der Waals surface area contributed by atoms with Crippen LogP contribution in [0.4, 0.5) is 4.39 Å². The second-order valence-electron chi connectivity index (χ2n) is 4.26. The lowest BCUT2D eigenvalue weighted by atomic mass is 10.1. The highest BCUT2D eigenvalue weighted by molar-refractivity contribution is 5.24. The van der Waals surface area contributed by atoms with Crippen LogP contribution >= 0.6 is 0 Å². The van der Waals surface area contributed by atoms with E-state index in [2.05, 4.69) is 11.0 Å². The monoisotopic (exact) mass is 234 g/mol. The van der Waals surface area contributed by atoms with Crippen LogP contribution in [0.3, 0.4) is 0 Å². The highest BCUT2D eigenvalue weighted by Crippen LogP contribution is 2.22. The standard InChI is InChI=1S/C13H15FN2O/c1-10-9-16(6-7-17-10)13(8-15)11-2-4-12(14)5-3-11/h2-5,10,13H,6-7,9H2,1H3/t10-,13-/m0/s1. The maximum absolute atomic E-state index is 12.8. The fraction of sp³-hybridized carbons (Fsp3) is 0.462. The van der Waals surface area contributed by atoms with E-state index in [4.69, 9.17) is 4.74 Å². The first-order valence-electron chi connectivity index (χ1n) is 5.71. The molecule has 1 saturated heterocycles. The van der Waals surface area contributed by atoms with E-state index >= 15 is 0 Å². The Morgan fingerprint density at radius 2 is 2.18 bits per heavy atom. The van der Waals surface area contributed by atoms with Gasteiger partial charge in [0.15, 0.2) is 0 Å². The molecule has 0 aromatic heterocycles. The first-order valence-corrected chi connectivity index (χ1v) is 5.71. The number of hydrogen-bond donors (Lipinski definition) is 0. The van der Waals surface area contributed by atoms with Crippen LogP contribution in [0.1, 0.15) is 18.5 Å². The summed E-state index contributed by atoms with van der Waals surface area (Å²) in [6, 6.07) is 8.08. The number of ether oxygens (including phenoxy) is 1. The van der Waals surface area contributed by atoms with Crippen molar-refractivity contribution >= 4 is 0 Å². The van der Waals surface area contributed by atoms with E-state index in [1.807, 2.05) is 6.92 Å². The van der Waals surface area contributed by atoms with Crippen molar-refractivity contribution in [2.24, 2.45) is 0 Å². The van der Waals surface area contributed by atoms with E-state index in [0.717, 1.165) is 18.7 Å². The van der Waals surface area contributed by atoms with Crippen LogP contribution < -0.4 is 0 Å². The molecule has 2 atom stereocenters. The van der Waals surface area contributed by atoms with Crippen LogP contribution in [-0.4, -0.2) is 30.7 Å². The number of rotatable bonds is 2. The van der Waals surface area contributed by atoms with Crippen molar-refractivity contribution < 1.29 is 9.13 Å². The average molecular weight is 234 g/mol. The first-order chi connectivity index (χ1) is 8.20. The van der Waals surface area contributed by atoms with Gasteiger partial charge in [-0.05, 0) is 24.6 Å². The molecule has 90 valence electrons. The van der Waals surface area contributed by atoms with Crippen LogP contribution in [0, 0.1) is 17.1 Å². The maximum atomic E-state index is 12.8. The molecular formula is C13H15FN2O. The fourth-order valence-corrected chi connectivity index (χ4v) is 2.09. The predicted molar refractivity (Wildman–Crippen MR) is 61.7 cm³/mol. The summed E-state index contributed by atoms with van der Waals surface area (Å²) in [5.74, 6) is -0.277. The normalized spacial score (nSPS) is 23.0. The number of benzene rings is 1. The number of hydrogen-bond acceptors (Lipinski definition) is 3. The van der Waals surface area contributed by atoms with E-state index in [1.165, 1.54) is 12.1 Å². The van der Waals surface area contributed by atoms with Crippen molar-refractivity contribution in [2.45, 2.75) is 19.1 Å². The molecule has 17 heavy (non-hydrogen) atoms. The van der Waals surface area contributed by atoms with E-state index in [1.54, 1.807) is 12.1 Å². The number of morpholine rings is 1. The van der Waals surface area contributed by atoms with Crippen molar-refractivity contribution in [3.05, 3.63) is 35.6 Å². The molecular weight excluding hydrogens is 219 g/mol. The largest absolute Gasteiger partial charge is 0.376 e. The van der Waals surface area contributed by atoms with Crippen LogP contribution in [0.2, 0.25) is 0 Å². The van der Waals surface area contributed by atoms with Gasteiger partial charge < -0.3 is 4.74 Å². The molecule has 1 aromatic rings. The third kappa shape index (κ3) is 2.82. The molecule has 1 aliphatic rings. The minimum absolute atomic E-state index is 0.139. The van der Waals surface area contributed by atoms with Gasteiger partial charge in [0, 0.05) is 13.1 Å². The van der Waals surface area contributed by atoms with Crippen molar-refractivity contribution in [1.29, 1.82) is 5.26 Å². The van der Waals surface area contributed by atoms with Gasteiger partial charge in [-0.15, -0.1) is 0 Å². The number of halogens is 1. The third-order valence-corrected chi connectivity index (χ3v) is 2.95. The van der Waals surface area contributed by atoms with Crippen molar-refractivity contribution in [3.63, 3.8) is 0 Å². The molecule has 0 aliphatic carbocycles. The summed E-state index contributed by atoms with van der Waals surface area (Å²) >= 11 is 0. The van der Waals surface area contributed by atoms with Crippen molar-refractivity contribution in [3.8, 4) is 6.07 Å². The van der Waals surface area contributed by atoms with Gasteiger partial charge in [0.25, 0.3) is 0 Å². The molecule has 1 aliphatic heterocycles. The summed E-state index contributed by atoms with van der Waals surface area (Å²) in [5, 5.41) is 9.26. The zero-order chi connectivity index (χ0) is 12.3. The van der Waals surface area contributed by atoms with Crippen LogP contribution in [0.15, 0.2) is 24.3 Å². The van der Waals surface area contributed by atoms with Gasteiger partial charge in [-0.3, -0.25) is 4.90 Å². The van der Waals surface area contributed by atoms with Gasteiger partial charge in [-0.1, -0.05) is 12.1 Å². The molecule has 0 unspecified atom stereocenters. The molecule has 1 aromatic carbocycles. The van der Waals surface area contributed by atoms with E-state index < -0.39 is 0 Å². The van der Waals surface area contributed by atoms with Crippen LogP contribution in [0.5, 0.6) is 0 Å². The molecule has 0 spiro atoms. The summed E-state index contributed by atoms with van der Waals surface area (Å²) < 4.78 is 18.3. The second kappa shape index (κ2) is 5.26. The maximum Gasteiger partial charge on any atom is 0.124 e. The van der Waals surface area contributed by atoms with Crippen LogP contribution in [-0.2, 0) is 4.74 Å². The molecule has 0 N–H and O–H groups in total. The molecule has 2 rings (SSSR count). The molecule has 1 heterocycles. The zero-order valence-electron chi connectivity index (χ0n) is 9.77. The third-order valence-electron chi connectivity index (χ3n) is 2.95. The number of nitriles is 1. The Balaban J connectivity index is 2.16. The van der Waals surface area contributed by atoms with Gasteiger partial charge in [0.2, 0.25) is 0 Å². The highest BCUT2D eigenvalue weighted by Gasteiger charge is 2.25. The van der Waals surface area contributed by atoms with Crippen molar-refractivity contribution in [2.75, 3.05) is 19.7 Å². The van der Waals surface area contributed by atoms with Gasteiger partial charge in [0.1, 0.15) is 11.9 Å². The minimum Gasteiger partial charge on any atom is -0.376 e. The Hall–Kier alpha value is -1.44. The Kier molecular flexibility index (Phi) is 3.72. The Bertz CT molecular complexity index is 412. The topological polar surface area (TPSA) is 36.3 Å². The van der Waals surface area contributed by atoms with E-state index in [0.29, 0.717) is 6.61 Å². The summed E-state index contributed by atoms with van der Waals surface area (Å²) in [7, 11) is 0. The van der Waals surface area contributed by atoms with Crippen LogP contribution in [0.25, 0.3) is 0 Å². The number of nitrogens with zero attached hydrogens (tertiary/aromatic N) is 2. The van der Waals surface area contributed by atoms with Crippen molar-refractivity contribution in [1.82, 2.24) is 4.90 Å². The minimum atomic E-state index is -0.318. The molecule has 4 heteroatoms. The predicted octanol–water partition coefficient (Wildman–Crippen LogP) is 2.11. The Morgan fingerprint density at radius 3 is 2.76 bits per heavy atom. The van der Waals surface area contributed by atoms with E-state index in [-0.39, 0.29) is 18.0 Å². The van der Waals surface area contributed by atoms with Gasteiger partial charge in [-0.2, -0.15) is 5.26 Å². The molecule has 3 nitrogen and oxygen atoms in total. The summed E-state index contributed by atoms with van der Waals surface area (Å²) in [5.41, 5.74) is 0.836. The quantitative estimate of drug-likeness (QED) is 0.786. The SMILES string of the molecule is C[C@H]1CN([C@@H](C#N)c2ccc(F)cc2)CCO1. The summed E-state index contributed by atoms with van der Waals surface area (Å²) in [6.45, 7) is 4.10. The lowest BCUT2D eigenvalue weighted by Crippen LogP contribution is -2.42. The summed E-state index contributed by atoms with van der Waals surface area (Å²) in [6.07, 6.45) is 0.139. The van der Waals surface area contributed by atoms with Gasteiger partial charge >= 0.3 is 0 Å². The lowest BCUT2D eigenvalue weighted by molar-refractivity contribution is -0.0269. The van der Waals surface area contributed by atoms with Gasteiger partial charge in [0.05, 0.1) is 18.8 Å². The second-order valence-corrected chi connectivity index (χ2v) is 4.26. The van der Waals surface area contributed by atoms with E-state index in [9.17, 15) is 9.65 Å². The Morgan fingerprint density at radius 1 is 1.47 bits per heavy atom. The molecule has 1 fully saturated rings. The molecule has 0 saturated carbocycles. The molecule has 0 amide bonds.